The average molecular weight is 290 g/mol. The number of carbonyl (C=O) groups is 2. The van der Waals surface area contributed by atoms with Gasteiger partial charge >= 0.3 is 5.97 Å². The zero-order valence-corrected chi connectivity index (χ0v) is 13.0. The lowest BCUT2D eigenvalue weighted by molar-refractivity contribution is -0.134. The Morgan fingerprint density at radius 2 is 1.95 bits per heavy atom. The fourth-order valence-electron chi connectivity index (χ4n) is 1.80. The van der Waals surface area contributed by atoms with E-state index in [-0.39, 0.29) is 11.7 Å². The number of hydrogen-bond acceptors (Lipinski definition) is 4. The maximum absolute atomic E-state index is 12.0. The summed E-state index contributed by atoms with van der Waals surface area (Å²) in [5.41, 5.74) is 1.52. The maximum atomic E-state index is 12.0. The maximum Gasteiger partial charge on any atom is 0.330 e. The van der Waals surface area contributed by atoms with Crippen molar-refractivity contribution in [3.05, 3.63) is 41.5 Å². The van der Waals surface area contributed by atoms with Crippen molar-refractivity contribution in [3.63, 3.8) is 0 Å². The third-order valence-corrected chi connectivity index (χ3v) is 2.95. The quantitative estimate of drug-likeness (QED) is 0.438. The summed E-state index contributed by atoms with van der Waals surface area (Å²) in [7, 11) is 1.27. The zero-order valence-electron chi connectivity index (χ0n) is 13.0. The summed E-state index contributed by atoms with van der Waals surface area (Å²) in [5, 5.41) is 0. The van der Waals surface area contributed by atoms with Crippen LogP contribution in [-0.2, 0) is 9.53 Å². The van der Waals surface area contributed by atoms with Crippen LogP contribution < -0.4 is 4.74 Å². The van der Waals surface area contributed by atoms with E-state index >= 15 is 0 Å². The van der Waals surface area contributed by atoms with Gasteiger partial charge in [-0.3, -0.25) is 4.79 Å². The lowest BCUT2D eigenvalue weighted by Gasteiger charge is -2.14. The van der Waals surface area contributed by atoms with Crippen molar-refractivity contribution in [2.24, 2.45) is 0 Å². The van der Waals surface area contributed by atoms with Crippen LogP contribution in [0.4, 0.5) is 0 Å². The molecule has 0 heterocycles. The Bertz CT molecular complexity index is 530. The molecule has 0 aliphatic heterocycles. The molecule has 1 aromatic carbocycles. The van der Waals surface area contributed by atoms with E-state index in [0.29, 0.717) is 12.2 Å². The minimum atomic E-state index is -0.546. The van der Waals surface area contributed by atoms with Crippen molar-refractivity contribution < 1.29 is 19.1 Å². The summed E-state index contributed by atoms with van der Waals surface area (Å²) in [6.07, 6.45) is 3.27. The summed E-state index contributed by atoms with van der Waals surface area (Å²) in [6.45, 7) is 6.79. The van der Waals surface area contributed by atoms with E-state index < -0.39 is 5.97 Å². The van der Waals surface area contributed by atoms with E-state index in [2.05, 4.69) is 4.74 Å². The summed E-state index contributed by atoms with van der Waals surface area (Å²) in [4.78, 5) is 23.0. The van der Waals surface area contributed by atoms with Crippen LogP contribution in [0.3, 0.4) is 0 Å². The zero-order chi connectivity index (χ0) is 15.8. The summed E-state index contributed by atoms with van der Waals surface area (Å²) < 4.78 is 10.2. The molecule has 21 heavy (non-hydrogen) atoms. The highest BCUT2D eigenvalue weighted by atomic mass is 16.5. The van der Waals surface area contributed by atoms with Crippen LogP contribution in [0.5, 0.6) is 5.75 Å². The fourth-order valence-corrected chi connectivity index (χ4v) is 1.80. The van der Waals surface area contributed by atoms with Gasteiger partial charge in [-0.25, -0.2) is 4.79 Å². The first-order valence-electron chi connectivity index (χ1n) is 7.06. The van der Waals surface area contributed by atoms with Crippen LogP contribution in [-0.4, -0.2) is 25.5 Å². The predicted octanol–water partition coefficient (Wildman–Crippen LogP) is 3.51. The van der Waals surface area contributed by atoms with E-state index in [1.807, 2.05) is 32.9 Å². The minimum absolute atomic E-state index is 0.232. The Morgan fingerprint density at radius 1 is 1.24 bits per heavy atom. The molecule has 4 nitrogen and oxygen atoms in total. The summed E-state index contributed by atoms with van der Waals surface area (Å²) in [5.74, 6) is 0.272. The molecule has 0 bridgehead atoms. The van der Waals surface area contributed by atoms with Gasteiger partial charge in [0, 0.05) is 11.6 Å². The van der Waals surface area contributed by atoms with Gasteiger partial charge in [0.1, 0.15) is 5.75 Å². The molecule has 0 aliphatic carbocycles. The molecule has 0 aromatic heterocycles. The van der Waals surface area contributed by atoms with Gasteiger partial charge in [0.15, 0.2) is 5.78 Å². The second kappa shape index (κ2) is 8.25. The van der Waals surface area contributed by atoms with E-state index in [1.54, 1.807) is 6.07 Å². The Balaban J connectivity index is 2.99. The molecule has 1 aromatic rings. The van der Waals surface area contributed by atoms with Crippen LogP contribution in [0.1, 0.15) is 49.0 Å². The molecule has 114 valence electrons. The van der Waals surface area contributed by atoms with Crippen LogP contribution in [0.25, 0.3) is 0 Å². The van der Waals surface area contributed by atoms with E-state index in [0.717, 1.165) is 23.8 Å². The number of allylic oxidation sites excluding steroid dienone is 1. The van der Waals surface area contributed by atoms with Gasteiger partial charge in [0.2, 0.25) is 0 Å². The van der Waals surface area contributed by atoms with E-state index in [9.17, 15) is 9.59 Å². The van der Waals surface area contributed by atoms with Gasteiger partial charge in [0.05, 0.1) is 13.7 Å². The van der Waals surface area contributed by atoms with Gasteiger partial charge in [0.25, 0.3) is 0 Å². The Labute approximate surface area is 125 Å². The number of esters is 1. The number of benzene rings is 1. The topological polar surface area (TPSA) is 52.6 Å². The molecule has 1 rings (SSSR count). The first-order valence-corrected chi connectivity index (χ1v) is 7.06. The lowest BCUT2D eigenvalue weighted by Crippen LogP contribution is -2.04. The van der Waals surface area contributed by atoms with Crippen molar-refractivity contribution in [2.45, 2.75) is 33.1 Å². The normalized spacial score (nSPS) is 10.9. The van der Waals surface area contributed by atoms with Gasteiger partial charge in [-0.15, -0.1) is 0 Å². The molecule has 0 saturated carbocycles. The molecule has 0 amide bonds. The minimum Gasteiger partial charge on any atom is -0.493 e. The number of carbonyl (C=O) groups excluding carboxylic acids is 2. The highest BCUT2D eigenvalue weighted by molar-refractivity contribution is 6.07. The van der Waals surface area contributed by atoms with Crippen molar-refractivity contribution in [1.29, 1.82) is 0 Å². The van der Waals surface area contributed by atoms with Gasteiger partial charge in [-0.05, 0) is 42.2 Å². The lowest BCUT2D eigenvalue weighted by atomic mass is 9.98. The molecular formula is C17H22O4. The molecule has 0 unspecified atom stereocenters. The molecule has 0 N–H and O–H groups in total. The largest absolute Gasteiger partial charge is 0.493 e. The Hall–Kier alpha value is -2.10. The summed E-state index contributed by atoms with van der Waals surface area (Å²) >= 11 is 0. The van der Waals surface area contributed by atoms with E-state index in [4.69, 9.17) is 4.74 Å². The average Bonchev–Trinajstić information content (AvgIpc) is 2.49. The Morgan fingerprint density at radius 3 is 2.52 bits per heavy atom. The van der Waals surface area contributed by atoms with Crippen LogP contribution in [0.2, 0.25) is 0 Å². The van der Waals surface area contributed by atoms with Gasteiger partial charge < -0.3 is 9.47 Å². The monoisotopic (exact) mass is 290 g/mol. The number of ketones is 1. The fraction of sp³-hybridized carbons (Fsp3) is 0.412. The predicted molar refractivity (Wildman–Crippen MR) is 81.8 cm³/mol. The molecule has 0 atom stereocenters. The number of methoxy groups -OCH3 is 1. The molecule has 0 spiro atoms. The van der Waals surface area contributed by atoms with Crippen LogP contribution in [0, 0.1) is 0 Å². The SMILES string of the molecule is CCCOc1ccc(C(=O)/C=C/C(=O)OC)cc1C(C)C. The number of ether oxygens (including phenoxy) is 2. The molecule has 0 saturated heterocycles. The van der Waals surface area contributed by atoms with Crippen molar-refractivity contribution in [1.82, 2.24) is 0 Å². The molecule has 4 heteroatoms. The van der Waals surface area contributed by atoms with Crippen molar-refractivity contribution >= 4 is 11.8 Å². The first kappa shape index (κ1) is 17.0. The van der Waals surface area contributed by atoms with E-state index in [1.165, 1.54) is 13.2 Å². The number of rotatable bonds is 7. The second-order valence-electron chi connectivity index (χ2n) is 4.98. The first-order chi connectivity index (χ1) is 9.99. The highest BCUT2D eigenvalue weighted by Gasteiger charge is 2.12. The highest BCUT2D eigenvalue weighted by Crippen LogP contribution is 2.28. The summed E-state index contributed by atoms with van der Waals surface area (Å²) in [6, 6.07) is 5.34. The van der Waals surface area contributed by atoms with Crippen LogP contribution in [0.15, 0.2) is 30.4 Å². The van der Waals surface area contributed by atoms with Crippen LogP contribution >= 0.6 is 0 Å². The second-order valence-corrected chi connectivity index (χ2v) is 4.98. The molecular weight excluding hydrogens is 268 g/mol. The molecule has 0 radical (unpaired) electrons. The van der Waals surface area contributed by atoms with Crippen molar-refractivity contribution in [2.75, 3.05) is 13.7 Å². The van der Waals surface area contributed by atoms with Gasteiger partial charge in [-0.1, -0.05) is 20.8 Å². The molecule has 0 fully saturated rings. The molecule has 0 aliphatic rings. The number of hydrogen-bond donors (Lipinski definition) is 0. The van der Waals surface area contributed by atoms with Crippen molar-refractivity contribution in [3.8, 4) is 5.75 Å². The third-order valence-electron chi connectivity index (χ3n) is 2.95. The smallest absolute Gasteiger partial charge is 0.330 e. The standard InChI is InChI=1S/C17H22O4/c1-5-10-21-16-8-6-13(11-14(16)12(2)3)15(18)7-9-17(19)20-4/h6-9,11-12H,5,10H2,1-4H3/b9-7+. The van der Waals surface area contributed by atoms with Gasteiger partial charge in [-0.2, -0.15) is 0 Å². The third kappa shape index (κ3) is 5.06. The Kier molecular flexibility index (Phi) is 6.66.